The van der Waals surface area contributed by atoms with Crippen LogP contribution in [0, 0.1) is 23.1 Å². The largest absolute Gasteiger partial charge is 0.252 e. The van der Waals surface area contributed by atoms with Crippen molar-refractivity contribution in [3.8, 4) is 6.07 Å². The van der Waals surface area contributed by atoms with Crippen molar-refractivity contribution in [2.24, 2.45) is 0 Å². The lowest BCUT2D eigenvalue weighted by Gasteiger charge is -1.92. The molecule has 2 aromatic rings. The quantitative estimate of drug-likeness (QED) is 0.669. The Bertz CT molecular complexity index is 510. The number of aromatic amines is 1. The lowest BCUT2D eigenvalue weighted by molar-refractivity contribution is 0.574. The van der Waals surface area contributed by atoms with E-state index in [4.69, 9.17) is 5.26 Å². The Kier molecular flexibility index (Phi) is 1.49. The van der Waals surface area contributed by atoms with Crippen molar-refractivity contribution in [1.82, 2.24) is 10.2 Å². The van der Waals surface area contributed by atoms with Gasteiger partial charge in [-0.15, -0.1) is 0 Å². The first-order chi connectivity index (χ1) is 6.24. The molecule has 0 aliphatic heterocycles. The fourth-order valence-corrected chi connectivity index (χ4v) is 1.12. The number of nitrogens with zero attached hydrogens (tertiary/aromatic N) is 2. The van der Waals surface area contributed by atoms with E-state index in [0.29, 0.717) is 0 Å². The first-order valence-electron chi connectivity index (χ1n) is 3.46. The molecule has 3 nitrogen and oxygen atoms in total. The summed E-state index contributed by atoms with van der Waals surface area (Å²) < 4.78 is 26.1. The summed E-state index contributed by atoms with van der Waals surface area (Å²) in [5, 5.41) is 13.7. The average Bonchev–Trinajstić information content (AvgIpc) is 2.49. The van der Waals surface area contributed by atoms with Gasteiger partial charge in [-0.2, -0.15) is 14.8 Å². The predicted molar refractivity (Wildman–Crippen MR) is 40.7 cm³/mol. The molecular formula is C8H3F2N3. The zero-order valence-corrected chi connectivity index (χ0v) is 6.31. The van der Waals surface area contributed by atoms with Crippen molar-refractivity contribution in [3.63, 3.8) is 0 Å². The van der Waals surface area contributed by atoms with Gasteiger partial charge in [0.05, 0.1) is 16.5 Å². The van der Waals surface area contributed by atoms with Crippen LogP contribution in [0.2, 0.25) is 0 Å². The molecule has 0 fully saturated rings. The lowest BCUT2D eigenvalue weighted by Crippen LogP contribution is -1.85. The average molecular weight is 179 g/mol. The summed E-state index contributed by atoms with van der Waals surface area (Å²) in [5.41, 5.74) is -0.0122. The monoisotopic (exact) mass is 179 g/mol. The molecule has 1 N–H and O–H groups in total. The summed E-state index contributed by atoms with van der Waals surface area (Å²) in [7, 11) is 0. The van der Waals surface area contributed by atoms with E-state index >= 15 is 0 Å². The van der Waals surface area contributed by atoms with Crippen molar-refractivity contribution in [3.05, 3.63) is 29.5 Å². The number of hydrogen-bond acceptors (Lipinski definition) is 2. The molecule has 0 saturated heterocycles. The number of hydrogen-bond donors (Lipinski definition) is 1. The van der Waals surface area contributed by atoms with Gasteiger partial charge in [-0.1, -0.05) is 0 Å². The Labute approximate surface area is 71.6 Å². The number of aromatic nitrogens is 2. The third kappa shape index (κ3) is 0.957. The van der Waals surface area contributed by atoms with Gasteiger partial charge in [-0.25, -0.2) is 4.39 Å². The topological polar surface area (TPSA) is 52.5 Å². The lowest BCUT2D eigenvalue weighted by atomic mass is 10.1. The van der Waals surface area contributed by atoms with Crippen LogP contribution < -0.4 is 0 Å². The summed E-state index contributed by atoms with van der Waals surface area (Å²) in [5.74, 6) is -1.73. The second-order valence-corrected chi connectivity index (χ2v) is 2.47. The zero-order valence-electron chi connectivity index (χ0n) is 6.31. The highest BCUT2D eigenvalue weighted by atomic mass is 19.1. The van der Waals surface area contributed by atoms with Crippen LogP contribution in [0.5, 0.6) is 0 Å². The van der Waals surface area contributed by atoms with Gasteiger partial charge in [0.15, 0.2) is 5.82 Å². The van der Waals surface area contributed by atoms with Gasteiger partial charge in [0, 0.05) is 0 Å². The molecule has 5 heteroatoms. The molecule has 1 heterocycles. The van der Waals surface area contributed by atoms with Crippen LogP contribution >= 0.6 is 0 Å². The van der Waals surface area contributed by atoms with Crippen LogP contribution in [0.4, 0.5) is 8.78 Å². The fourth-order valence-electron chi connectivity index (χ4n) is 1.12. The predicted octanol–water partition coefficient (Wildman–Crippen LogP) is 1.71. The molecule has 0 bridgehead atoms. The molecule has 13 heavy (non-hydrogen) atoms. The van der Waals surface area contributed by atoms with Crippen LogP contribution in [0.15, 0.2) is 12.1 Å². The molecule has 0 aliphatic carbocycles. The Hall–Kier alpha value is -1.96. The van der Waals surface area contributed by atoms with Crippen LogP contribution in [-0.4, -0.2) is 10.2 Å². The van der Waals surface area contributed by atoms with Gasteiger partial charge in [0.25, 0.3) is 0 Å². The van der Waals surface area contributed by atoms with E-state index in [0.717, 1.165) is 0 Å². The molecule has 2 rings (SSSR count). The minimum Gasteiger partial charge on any atom is -0.252 e. The van der Waals surface area contributed by atoms with E-state index in [1.165, 1.54) is 12.1 Å². The Morgan fingerprint density at radius 2 is 2.15 bits per heavy atom. The number of halogens is 2. The second kappa shape index (κ2) is 2.52. The minimum atomic E-state index is -0.869. The summed E-state index contributed by atoms with van der Waals surface area (Å²) in [6.45, 7) is 0. The first-order valence-corrected chi connectivity index (χ1v) is 3.46. The molecule has 1 aromatic heterocycles. The van der Waals surface area contributed by atoms with Crippen molar-refractivity contribution in [2.75, 3.05) is 0 Å². The van der Waals surface area contributed by atoms with Gasteiger partial charge in [0.1, 0.15) is 6.07 Å². The standard InChI is InChI=1S/C8H3F2N3/c9-7-4(3-11)1-2-5-6(7)8(10)13-12-5/h1-2H,(H,12,13). The van der Waals surface area contributed by atoms with E-state index in [1.807, 2.05) is 5.10 Å². The molecule has 1 aromatic carbocycles. The van der Waals surface area contributed by atoms with Gasteiger partial charge in [0.2, 0.25) is 5.95 Å². The zero-order chi connectivity index (χ0) is 9.42. The third-order valence-electron chi connectivity index (χ3n) is 1.73. The second-order valence-electron chi connectivity index (χ2n) is 2.47. The Morgan fingerprint density at radius 3 is 2.85 bits per heavy atom. The minimum absolute atomic E-state index is 0.175. The fraction of sp³-hybridized carbons (Fsp3) is 0. The smallest absolute Gasteiger partial charge is 0.219 e. The van der Waals surface area contributed by atoms with E-state index < -0.39 is 11.8 Å². The number of benzene rings is 1. The van der Waals surface area contributed by atoms with E-state index in [2.05, 4.69) is 5.10 Å². The van der Waals surface area contributed by atoms with Gasteiger partial charge in [-0.05, 0) is 12.1 Å². The van der Waals surface area contributed by atoms with Crippen LogP contribution in [0.3, 0.4) is 0 Å². The Balaban J connectivity index is 2.93. The molecule has 0 amide bonds. The summed E-state index contributed by atoms with van der Waals surface area (Å²) >= 11 is 0. The van der Waals surface area contributed by atoms with E-state index in [9.17, 15) is 8.78 Å². The molecule has 0 aliphatic rings. The SMILES string of the molecule is N#Cc1ccc2n[nH]c(F)c2c1F. The van der Waals surface area contributed by atoms with E-state index in [1.54, 1.807) is 6.07 Å². The number of H-pyrrole nitrogens is 1. The molecular weight excluding hydrogens is 176 g/mol. The van der Waals surface area contributed by atoms with Crippen molar-refractivity contribution < 1.29 is 8.78 Å². The summed E-state index contributed by atoms with van der Waals surface area (Å²) in [6.07, 6.45) is 0. The molecule has 0 saturated carbocycles. The van der Waals surface area contributed by atoms with Crippen molar-refractivity contribution >= 4 is 10.9 Å². The maximum absolute atomic E-state index is 13.2. The van der Waals surface area contributed by atoms with Gasteiger partial charge < -0.3 is 0 Å². The highest BCUT2D eigenvalue weighted by Gasteiger charge is 2.13. The maximum atomic E-state index is 13.2. The highest BCUT2D eigenvalue weighted by molar-refractivity contribution is 5.80. The van der Waals surface area contributed by atoms with Crippen LogP contribution in [0.25, 0.3) is 10.9 Å². The van der Waals surface area contributed by atoms with Gasteiger partial charge >= 0.3 is 0 Å². The van der Waals surface area contributed by atoms with E-state index in [-0.39, 0.29) is 16.5 Å². The molecule has 0 unspecified atom stereocenters. The van der Waals surface area contributed by atoms with Crippen LogP contribution in [-0.2, 0) is 0 Å². The summed E-state index contributed by atoms with van der Waals surface area (Å²) in [6, 6.07) is 4.27. The van der Waals surface area contributed by atoms with Crippen molar-refractivity contribution in [2.45, 2.75) is 0 Å². The first kappa shape index (κ1) is 7.68. The van der Waals surface area contributed by atoms with Gasteiger partial charge in [-0.3, -0.25) is 5.10 Å². The molecule has 0 radical (unpaired) electrons. The number of rotatable bonds is 0. The molecule has 64 valence electrons. The van der Waals surface area contributed by atoms with Crippen molar-refractivity contribution in [1.29, 1.82) is 5.26 Å². The Morgan fingerprint density at radius 1 is 1.38 bits per heavy atom. The summed E-state index contributed by atoms with van der Waals surface area (Å²) in [4.78, 5) is 0. The maximum Gasteiger partial charge on any atom is 0.219 e. The molecule has 0 atom stereocenters. The number of nitriles is 1. The third-order valence-corrected chi connectivity index (χ3v) is 1.73. The van der Waals surface area contributed by atoms with Crippen LogP contribution in [0.1, 0.15) is 5.56 Å². The number of fused-ring (bicyclic) bond motifs is 1. The highest BCUT2D eigenvalue weighted by Crippen LogP contribution is 2.20. The number of nitrogens with one attached hydrogen (secondary N) is 1. The molecule has 0 spiro atoms. The normalized spacial score (nSPS) is 10.2.